The quantitative estimate of drug-likeness (QED) is 0.269. The van der Waals surface area contributed by atoms with Gasteiger partial charge in [-0.2, -0.15) is 0 Å². The number of benzene rings is 2. The summed E-state index contributed by atoms with van der Waals surface area (Å²) >= 11 is 0. The highest BCUT2D eigenvalue weighted by atomic mass is 32.2. The number of hydrogen-bond donors (Lipinski definition) is 3. The van der Waals surface area contributed by atoms with Gasteiger partial charge in [0.05, 0.1) is 21.8 Å². The van der Waals surface area contributed by atoms with E-state index >= 15 is 0 Å². The minimum atomic E-state index is -3.65. The van der Waals surface area contributed by atoms with Gasteiger partial charge in [-0.15, -0.1) is 0 Å². The van der Waals surface area contributed by atoms with E-state index in [1.165, 1.54) is 6.07 Å². The molecule has 0 aliphatic carbocycles. The van der Waals surface area contributed by atoms with Crippen molar-refractivity contribution in [2.75, 3.05) is 31.5 Å². The number of carbonyl (C=O) groups excluding carboxylic acids is 2. The molecule has 2 aromatic carbocycles. The van der Waals surface area contributed by atoms with E-state index in [1.54, 1.807) is 18.2 Å². The number of likely N-dealkylation sites (N-methyl/N-ethyl adjacent to an activating group) is 1. The first-order valence-electron chi connectivity index (χ1n) is 14.1. The monoisotopic (exact) mass is 576 g/mol. The summed E-state index contributed by atoms with van der Waals surface area (Å²) in [5.74, 6) is -0.260. The van der Waals surface area contributed by atoms with Crippen molar-refractivity contribution in [2.24, 2.45) is 0 Å². The smallest absolute Gasteiger partial charge is 0.256 e. The summed E-state index contributed by atoms with van der Waals surface area (Å²) in [5, 5.41) is 5.82. The number of amides is 2. The summed E-state index contributed by atoms with van der Waals surface area (Å²) in [7, 11) is -3.65. The maximum atomic E-state index is 13.3. The van der Waals surface area contributed by atoms with Gasteiger partial charge in [-0.1, -0.05) is 52.0 Å². The SMILES string of the molecule is CCN(CC)CCNC(=O)c1c(C)[nH]c(/C=C2\C(=O)Nc3ccc(S(=O)(=O)Cc4ccc(C(C)C)cc4)cc32)c1C. The van der Waals surface area contributed by atoms with Crippen LogP contribution in [0.1, 0.15) is 77.6 Å². The number of aryl methyl sites for hydroxylation is 1. The van der Waals surface area contributed by atoms with Crippen molar-refractivity contribution in [3.05, 3.63) is 81.7 Å². The van der Waals surface area contributed by atoms with Gasteiger partial charge in [-0.05, 0) is 73.8 Å². The van der Waals surface area contributed by atoms with Crippen molar-refractivity contribution in [1.29, 1.82) is 0 Å². The summed E-state index contributed by atoms with van der Waals surface area (Å²) in [6, 6.07) is 12.3. The van der Waals surface area contributed by atoms with Gasteiger partial charge in [0.25, 0.3) is 11.8 Å². The maximum Gasteiger partial charge on any atom is 0.256 e. The van der Waals surface area contributed by atoms with Crippen LogP contribution in [0.2, 0.25) is 0 Å². The predicted octanol–water partition coefficient (Wildman–Crippen LogP) is 5.29. The van der Waals surface area contributed by atoms with Crippen LogP contribution < -0.4 is 10.6 Å². The molecule has 0 radical (unpaired) electrons. The number of aromatic nitrogens is 1. The largest absolute Gasteiger partial charge is 0.358 e. The average Bonchev–Trinajstić information content (AvgIpc) is 3.40. The van der Waals surface area contributed by atoms with Crippen LogP contribution in [0.3, 0.4) is 0 Å². The Morgan fingerprint density at radius 3 is 2.37 bits per heavy atom. The Morgan fingerprint density at radius 1 is 1.05 bits per heavy atom. The fourth-order valence-electron chi connectivity index (χ4n) is 5.16. The third-order valence-electron chi connectivity index (χ3n) is 7.74. The van der Waals surface area contributed by atoms with Gasteiger partial charge in [0.1, 0.15) is 0 Å². The summed E-state index contributed by atoms with van der Waals surface area (Å²) in [6.45, 7) is 15.2. The van der Waals surface area contributed by atoms with E-state index in [1.807, 2.05) is 38.1 Å². The molecule has 0 bridgehead atoms. The molecule has 0 spiro atoms. The Labute approximate surface area is 243 Å². The molecule has 1 aliphatic rings. The number of anilines is 1. The number of nitrogens with one attached hydrogen (secondary N) is 3. The van der Waals surface area contributed by atoms with E-state index in [9.17, 15) is 18.0 Å². The molecule has 9 heteroatoms. The number of fused-ring (bicyclic) bond motifs is 1. The van der Waals surface area contributed by atoms with Crippen LogP contribution in [0.4, 0.5) is 5.69 Å². The molecule has 0 fully saturated rings. The van der Waals surface area contributed by atoms with Gasteiger partial charge in [0, 0.05) is 35.7 Å². The number of carbonyl (C=O) groups is 2. The van der Waals surface area contributed by atoms with Crippen molar-refractivity contribution in [3.63, 3.8) is 0 Å². The van der Waals surface area contributed by atoms with E-state index in [0.29, 0.717) is 51.8 Å². The minimum Gasteiger partial charge on any atom is -0.358 e. The second kappa shape index (κ2) is 12.4. The number of aromatic amines is 1. The van der Waals surface area contributed by atoms with Crippen molar-refractivity contribution in [3.8, 4) is 0 Å². The van der Waals surface area contributed by atoms with Gasteiger partial charge >= 0.3 is 0 Å². The molecule has 8 nitrogen and oxygen atoms in total. The highest BCUT2D eigenvalue weighted by Gasteiger charge is 2.28. The lowest BCUT2D eigenvalue weighted by Crippen LogP contribution is -2.35. The van der Waals surface area contributed by atoms with Crippen LogP contribution in [0, 0.1) is 13.8 Å². The molecular weight excluding hydrogens is 536 g/mol. The zero-order chi connectivity index (χ0) is 29.9. The van der Waals surface area contributed by atoms with Gasteiger partial charge in [0.2, 0.25) is 0 Å². The zero-order valence-corrected chi connectivity index (χ0v) is 25.5. The fourth-order valence-corrected chi connectivity index (χ4v) is 6.54. The topological polar surface area (TPSA) is 111 Å². The Morgan fingerprint density at radius 2 is 1.73 bits per heavy atom. The van der Waals surface area contributed by atoms with Crippen LogP contribution in [-0.2, 0) is 20.4 Å². The van der Waals surface area contributed by atoms with Gasteiger partial charge in [0.15, 0.2) is 9.84 Å². The average molecular weight is 577 g/mol. The van der Waals surface area contributed by atoms with E-state index in [-0.39, 0.29) is 22.5 Å². The van der Waals surface area contributed by atoms with Crippen LogP contribution in [-0.4, -0.2) is 56.3 Å². The molecule has 0 unspecified atom stereocenters. The molecule has 4 rings (SSSR count). The number of hydrogen-bond acceptors (Lipinski definition) is 5. The molecule has 1 aromatic heterocycles. The van der Waals surface area contributed by atoms with E-state index in [0.717, 1.165) is 30.8 Å². The van der Waals surface area contributed by atoms with Crippen molar-refractivity contribution < 1.29 is 18.0 Å². The molecule has 3 N–H and O–H groups in total. The Balaban J connectivity index is 1.59. The molecule has 1 aliphatic heterocycles. The molecule has 0 saturated carbocycles. The van der Waals surface area contributed by atoms with Gasteiger partial charge in [-0.25, -0.2) is 8.42 Å². The van der Waals surface area contributed by atoms with Gasteiger partial charge in [-0.3, -0.25) is 9.59 Å². The first-order chi connectivity index (χ1) is 19.4. The molecule has 0 atom stereocenters. The minimum absolute atomic E-state index is 0.133. The maximum absolute atomic E-state index is 13.3. The number of H-pyrrole nitrogens is 1. The Hall–Kier alpha value is -3.69. The lowest BCUT2D eigenvalue weighted by Gasteiger charge is -2.18. The summed E-state index contributed by atoms with van der Waals surface area (Å²) in [6.07, 6.45) is 1.69. The normalized spacial score (nSPS) is 14.1. The van der Waals surface area contributed by atoms with Crippen LogP contribution in [0.15, 0.2) is 47.4 Å². The molecule has 2 heterocycles. The molecule has 3 aromatic rings. The van der Waals surface area contributed by atoms with E-state index in [2.05, 4.69) is 48.2 Å². The first-order valence-corrected chi connectivity index (χ1v) is 15.8. The molecule has 0 saturated heterocycles. The first kappa shape index (κ1) is 30.3. The summed E-state index contributed by atoms with van der Waals surface area (Å²) in [5.41, 5.74) is 5.88. The lowest BCUT2D eigenvalue weighted by atomic mass is 10.0. The number of sulfone groups is 1. The second-order valence-corrected chi connectivity index (χ2v) is 12.8. The number of rotatable bonds is 11. The Kier molecular flexibility index (Phi) is 9.19. The van der Waals surface area contributed by atoms with Crippen LogP contribution in [0.25, 0.3) is 11.6 Å². The van der Waals surface area contributed by atoms with Crippen molar-refractivity contribution in [2.45, 2.75) is 58.1 Å². The van der Waals surface area contributed by atoms with Gasteiger partial charge < -0.3 is 20.5 Å². The highest BCUT2D eigenvalue weighted by Crippen LogP contribution is 2.36. The summed E-state index contributed by atoms with van der Waals surface area (Å²) in [4.78, 5) is 31.6. The van der Waals surface area contributed by atoms with E-state index < -0.39 is 9.84 Å². The molecule has 2 amide bonds. The van der Waals surface area contributed by atoms with Crippen LogP contribution >= 0.6 is 0 Å². The molecule has 41 heavy (non-hydrogen) atoms. The fraction of sp³-hybridized carbons (Fsp3) is 0.375. The van der Waals surface area contributed by atoms with Crippen molar-refractivity contribution in [1.82, 2.24) is 15.2 Å². The molecule has 218 valence electrons. The Bertz CT molecular complexity index is 1580. The molecular formula is C32H40N4O4S. The third kappa shape index (κ3) is 6.63. The van der Waals surface area contributed by atoms with E-state index in [4.69, 9.17) is 0 Å². The third-order valence-corrected chi connectivity index (χ3v) is 9.42. The predicted molar refractivity (Wildman–Crippen MR) is 165 cm³/mol. The standard InChI is InChI=1S/C32H40N4O4S/c1-7-36(8-2)16-15-33-32(38)30-21(5)29(34-22(30)6)18-27-26-17-25(13-14-28(26)35-31(27)37)41(39,40)19-23-9-11-24(12-10-23)20(3)4/h9-14,17-18,20,34H,7-8,15-16,19H2,1-6H3,(H,33,38)(H,35,37)/b27-18-. The lowest BCUT2D eigenvalue weighted by molar-refractivity contribution is -0.110. The highest BCUT2D eigenvalue weighted by molar-refractivity contribution is 7.90. The van der Waals surface area contributed by atoms with Crippen molar-refractivity contribution >= 4 is 39.0 Å². The number of nitrogens with zero attached hydrogens (tertiary/aromatic N) is 1. The van der Waals surface area contributed by atoms with Crippen LogP contribution in [0.5, 0.6) is 0 Å². The zero-order valence-electron chi connectivity index (χ0n) is 24.7. The summed E-state index contributed by atoms with van der Waals surface area (Å²) < 4.78 is 26.7. The second-order valence-electron chi connectivity index (χ2n) is 10.8.